The van der Waals surface area contributed by atoms with Crippen LogP contribution < -0.4 is 61.8 Å². The standard InChI is InChI=1S/C8H6O4.C5H11N.K.H2O/c9-7(10)5-2-1-3-6(4-5)8(11)12;1-2-4-6-5-3-1;;/h1-4H,(H,9,10)(H,11,12);6H,1-5H2;;1H2/q;;+1;/p-1. The van der Waals surface area contributed by atoms with Crippen molar-refractivity contribution in [2.75, 3.05) is 13.1 Å². The van der Waals surface area contributed by atoms with Gasteiger partial charge >= 0.3 is 57.4 Å². The van der Waals surface area contributed by atoms with Gasteiger partial charge in [0.05, 0.1) is 11.5 Å². The Morgan fingerprint density at radius 1 is 1.10 bits per heavy atom. The van der Waals surface area contributed by atoms with Gasteiger partial charge in [0, 0.05) is 0 Å². The molecule has 1 saturated heterocycles. The SMILES string of the molecule is C1CCNCC1.O.O=C([O-])c1cccc(C(=O)O)c1.[K+]. The fourth-order valence-corrected chi connectivity index (χ4v) is 1.58. The molecule has 0 aliphatic carbocycles. The number of hydrogen-bond donors (Lipinski definition) is 2. The van der Waals surface area contributed by atoms with Crippen molar-refractivity contribution in [2.45, 2.75) is 19.3 Å². The maximum atomic E-state index is 10.4. The van der Waals surface area contributed by atoms with E-state index in [0.29, 0.717) is 0 Å². The molecule has 0 saturated carbocycles. The second kappa shape index (κ2) is 12.5. The molecule has 7 heteroatoms. The first kappa shape index (κ1) is 22.0. The molecule has 1 aliphatic heterocycles. The average molecular weight is 307 g/mol. The number of hydrogen-bond acceptors (Lipinski definition) is 4. The summed E-state index contributed by atoms with van der Waals surface area (Å²) in [6, 6.07) is 5.00. The van der Waals surface area contributed by atoms with E-state index in [4.69, 9.17) is 5.11 Å². The number of carbonyl (C=O) groups excluding carboxylic acids is 1. The molecule has 4 N–H and O–H groups in total. The molecule has 2 rings (SSSR count). The Hall–Kier alpha value is -0.284. The van der Waals surface area contributed by atoms with Gasteiger partial charge in [-0.2, -0.15) is 0 Å². The van der Waals surface area contributed by atoms with Gasteiger partial charge in [0.15, 0.2) is 0 Å². The normalized spacial score (nSPS) is 12.8. The predicted molar refractivity (Wildman–Crippen MR) is 68.1 cm³/mol. The molecule has 106 valence electrons. The third-order valence-corrected chi connectivity index (χ3v) is 2.55. The molecule has 1 aromatic carbocycles. The van der Waals surface area contributed by atoms with E-state index in [-0.39, 0.29) is 68.0 Å². The molecular weight excluding hydrogens is 289 g/mol. The summed E-state index contributed by atoms with van der Waals surface area (Å²) in [6.07, 6.45) is 4.22. The molecule has 0 radical (unpaired) electrons. The van der Waals surface area contributed by atoms with Crippen molar-refractivity contribution in [2.24, 2.45) is 0 Å². The monoisotopic (exact) mass is 307 g/mol. The maximum absolute atomic E-state index is 10.4. The Morgan fingerprint density at radius 3 is 2.00 bits per heavy atom. The van der Waals surface area contributed by atoms with Crippen LogP contribution in [0, 0.1) is 0 Å². The molecule has 0 spiro atoms. The zero-order chi connectivity index (χ0) is 13.4. The van der Waals surface area contributed by atoms with Crippen molar-refractivity contribution in [3.05, 3.63) is 35.4 Å². The van der Waals surface area contributed by atoms with Crippen molar-refractivity contribution in [3.8, 4) is 0 Å². The number of piperidine rings is 1. The summed E-state index contributed by atoms with van der Waals surface area (Å²) in [5.74, 6) is -2.53. The summed E-state index contributed by atoms with van der Waals surface area (Å²) in [5.41, 5.74) is -0.188. The molecule has 0 amide bonds. The first-order chi connectivity index (χ1) is 8.61. The fourth-order valence-electron chi connectivity index (χ4n) is 1.58. The molecule has 20 heavy (non-hydrogen) atoms. The minimum absolute atomic E-state index is 0. The Labute approximate surface area is 160 Å². The van der Waals surface area contributed by atoms with Gasteiger partial charge in [-0.15, -0.1) is 0 Å². The molecule has 0 unspecified atom stereocenters. The zero-order valence-electron chi connectivity index (χ0n) is 11.5. The van der Waals surface area contributed by atoms with E-state index >= 15 is 0 Å². The quantitative estimate of drug-likeness (QED) is 0.554. The van der Waals surface area contributed by atoms with E-state index in [0.717, 1.165) is 6.07 Å². The van der Waals surface area contributed by atoms with Crippen LogP contribution in [0.25, 0.3) is 0 Å². The Balaban J connectivity index is 0. The number of carbonyl (C=O) groups is 2. The van der Waals surface area contributed by atoms with Gasteiger partial charge in [-0.3, -0.25) is 0 Å². The van der Waals surface area contributed by atoms with Crippen LogP contribution >= 0.6 is 0 Å². The van der Waals surface area contributed by atoms with Crippen molar-refractivity contribution < 1.29 is 76.7 Å². The molecule has 1 aliphatic rings. The minimum atomic E-state index is -1.38. The molecule has 1 heterocycles. The van der Waals surface area contributed by atoms with E-state index in [1.54, 1.807) is 0 Å². The van der Waals surface area contributed by atoms with Gasteiger partial charge < -0.3 is 25.8 Å². The summed E-state index contributed by atoms with van der Waals surface area (Å²) in [4.78, 5) is 20.6. The second-order valence-electron chi connectivity index (χ2n) is 3.98. The van der Waals surface area contributed by atoms with Crippen molar-refractivity contribution >= 4 is 11.9 Å². The first-order valence-electron chi connectivity index (χ1n) is 5.86. The van der Waals surface area contributed by atoms with Crippen LogP contribution in [0.4, 0.5) is 0 Å². The van der Waals surface area contributed by atoms with E-state index in [1.807, 2.05) is 0 Å². The fraction of sp³-hybridized carbons (Fsp3) is 0.385. The molecule has 1 aromatic rings. The van der Waals surface area contributed by atoms with Gasteiger partial charge in [-0.25, -0.2) is 4.79 Å². The zero-order valence-corrected chi connectivity index (χ0v) is 14.6. The van der Waals surface area contributed by atoms with E-state index < -0.39 is 11.9 Å². The van der Waals surface area contributed by atoms with Crippen LogP contribution in [0.5, 0.6) is 0 Å². The van der Waals surface area contributed by atoms with Crippen LogP contribution in [-0.2, 0) is 0 Å². The predicted octanol–water partition coefficient (Wildman–Crippen LogP) is -3.31. The third-order valence-electron chi connectivity index (χ3n) is 2.55. The van der Waals surface area contributed by atoms with E-state index in [1.165, 1.54) is 50.6 Å². The number of carboxylic acid groups (broad SMARTS) is 2. The van der Waals surface area contributed by atoms with Crippen LogP contribution in [0.1, 0.15) is 40.0 Å². The Bertz CT molecular complexity index is 380. The molecule has 6 nitrogen and oxygen atoms in total. The summed E-state index contributed by atoms with van der Waals surface area (Å²) < 4.78 is 0. The van der Waals surface area contributed by atoms with Gasteiger partial charge in [0.25, 0.3) is 0 Å². The molecule has 1 fully saturated rings. The average Bonchev–Trinajstić information content (AvgIpc) is 2.41. The van der Waals surface area contributed by atoms with Crippen molar-refractivity contribution in [1.29, 1.82) is 0 Å². The number of aromatic carboxylic acids is 2. The van der Waals surface area contributed by atoms with Crippen molar-refractivity contribution in [1.82, 2.24) is 5.32 Å². The number of rotatable bonds is 2. The molecule has 0 bridgehead atoms. The van der Waals surface area contributed by atoms with Crippen LogP contribution in [-0.4, -0.2) is 35.6 Å². The smallest absolute Gasteiger partial charge is 0.545 e. The number of carboxylic acids is 2. The Morgan fingerprint density at radius 2 is 1.65 bits per heavy atom. The van der Waals surface area contributed by atoms with Gasteiger partial charge in [0.1, 0.15) is 0 Å². The molecule has 0 aromatic heterocycles. The number of benzene rings is 1. The largest absolute Gasteiger partial charge is 1.00 e. The van der Waals surface area contributed by atoms with E-state index in [9.17, 15) is 14.7 Å². The minimum Gasteiger partial charge on any atom is -0.545 e. The van der Waals surface area contributed by atoms with Crippen LogP contribution in [0.3, 0.4) is 0 Å². The first-order valence-corrected chi connectivity index (χ1v) is 5.86. The number of nitrogens with one attached hydrogen (secondary N) is 1. The van der Waals surface area contributed by atoms with Crippen LogP contribution in [0.15, 0.2) is 24.3 Å². The van der Waals surface area contributed by atoms with Gasteiger partial charge in [-0.05, 0) is 43.6 Å². The van der Waals surface area contributed by atoms with Crippen LogP contribution in [0.2, 0.25) is 0 Å². The van der Waals surface area contributed by atoms with E-state index in [2.05, 4.69) is 5.32 Å². The third kappa shape index (κ3) is 8.80. The maximum Gasteiger partial charge on any atom is 1.00 e. The van der Waals surface area contributed by atoms with Crippen molar-refractivity contribution in [3.63, 3.8) is 0 Å². The molecular formula is C13H18KNO5. The molecule has 0 atom stereocenters. The summed E-state index contributed by atoms with van der Waals surface area (Å²) >= 11 is 0. The Kier molecular flexibility index (Phi) is 13.7. The summed E-state index contributed by atoms with van der Waals surface area (Å²) in [6.45, 7) is 2.50. The summed E-state index contributed by atoms with van der Waals surface area (Å²) in [5, 5.41) is 22.0. The second-order valence-corrected chi connectivity index (χ2v) is 3.98. The topological polar surface area (TPSA) is 121 Å². The summed E-state index contributed by atoms with van der Waals surface area (Å²) in [7, 11) is 0. The van der Waals surface area contributed by atoms with Gasteiger partial charge in [0.2, 0.25) is 0 Å². The van der Waals surface area contributed by atoms with Gasteiger partial charge in [-0.1, -0.05) is 18.6 Å².